The summed E-state index contributed by atoms with van der Waals surface area (Å²) in [5.41, 5.74) is -0.313. The van der Waals surface area contributed by atoms with Crippen LogP contribution in [0.3, 0.4) is 0 Å². The molecule has 0 aliphatic carbocycles. The number of nitrogens with zero attached hydrogens (tertiary/aromatic N) is 1. The number of aliphatic imine (C=N–C) groups is 1. The van der Waals surface area contributed by atoms with E-state index in [9.17, 15) is 4.79 Å². The van der Waals surface area contributed by atoms with Crippen LogP contribution in [-0.2, 0) is 4.79 Å². The van der Waals surface area contributed by atoms with Gasteiger partial charge in [-0.25, -0.2) is 0 Å². The van der Waals surface area contributed by atoms with Gasteiger partial charge in [0.05, 0.1) is 16.3 Å². The van der Waals surface area contributed by atoms with Crippen molar-refractivity contribution in [1.29, 1.82) is 0 Å². The van der Waals surface area contributed by atoms with Crippen molar-refractivity contribution >= 4 is 22.6 Å². The SMILES string of the molecule is CC(=O)CSC1=NC(C)(C)NC1(C)C. The van der Waals surface area contributed by atoms with Crippen LogP contribution in [0.25, 0.3) is 0 Å². The molecule has 0 saturated heterocycles. The van der Waals surface area contributed by atoms with Crippen LogP contribution in [0, 0.1) is 0 Å². The van der Waals surface area contributed by atoms with Crippen molar-refractivity contribution in [2.45, 2.75) is 45.8 Å². The number of hydrogen-bond acceptors (Lipinski definition) is 4. The van der Waals surface area contributed by atoms with E-state index in [0.29, 0.717) is 5.75 Å². The summed E-state index contributed by atoms with van der Waals surface area (Å²) in [6, 6.07) is 0. The third-order valence-electron chi connectivity index (χ3n) is 1.95. The molecule has 1 rings (SSSR count). The molecule has 0 aromatic rings. The van der Waals surface area contributed by atoms with Crippen LogP contribution in [0.15, 0.2) is 4.99 Å². The van der Waals surface area contributed by atoms with Crippen molar-refractivity contribution in [2.75, 3.05) is 5.75 Å². The summed E-state index contributed by atoms with van der Waals surface area (Å²) in [6.45, 7) is 9.86. The smallest absolute Gasteiger partial charge is 0.140 e. The van der Waals surface area contributed by atoms with Crippen molar-refractivity contribution in [3.63, 3.8) is 0 Å². The standard InChI is InChI=1S/C10H18N2OS/c1-7(13)6-14-8-9(2,3)12-10(4,5)11-8/h12H,6H2,1-5H3. The van der Waals surface area contributed by atoms with Gasteiger partial charge in [0.1, 0.15) is 11.4 Å². The molecule has 1 aliphatic rings. The van der Waals surface area contributed by atoms with Crippen LogP contribution in [-0.4, -0.2) is 27.8 Å². The van der Waals surface area contributed by atoms with Crippen molar-refractivity contribution in [3.8, 4) is 0 Å². The normalized spacial score (nSPS) is 23.4. The zero-order chi connectivity index (χ0) is 11.0. The number of rotatable bonds is 2. The molecule has 0 unspecified atom stereocenters. The van der Waals surface area contributed by atoms with E-state index in [1.54, 1.807) is 6.92 Å². The van der Waals surface area contributed by atoms with Crippen LogP contribution < -0.4 is 5.32 Å². The Balaban J connectivity index is 2.71. The second-order valence-corrected chi connectivity index (χ2v) is 5.68. The molecule has 0 atom stereocenters. The first-order valence-corrected chi connectivity index (χ1v) is 5.73. The Hall–Kier alpha value is -0.350. The van der Waals surface area contributed by atoms with E-state index < -0.39 is 0 Å². The molecule has 0 amide bonds. The number of ketones is 1. The quantitative estimate of drug-likeness (QED) is 0.762. The fourth-order valence-corrected chi connectivity index (χ4v) is 2.67. The lowest BCUT2D eigenvalue weighted by Crippen LogP contribution is -2.47. The molecule has 3 nitrogen and oxygen atoms in total. The first-order valence-electron chi connectivity index (χ1n) is 4.75. The molecular weight excluding hydrogens is 196 g/mol. The minimum Gasteiger partial charge on any atom is -0.299 e. The summed E-state index contributed by atoms with van der Waals surface area (Å²) in [7, 11) is 0. The predicted octanol–water partition coefficient (Wildman–Crippen LogP) is 1.82. The molecule has 0 aromatic heterocycles. The highest BCUT2D eigenvalue weighted by molar-refractivity contribution is 8.14. The highest BCUT2D eigenvalue weighted by Gasteiger charge is 2.38. The maximum atomic E-state index is 10.9. The van der Waals surface area contributed by atoms with Crippen molar-refractivity contribution in [1.82, 2.24) is 5.32 Å². The molecule has 0 fully saturated rings. The molecule has 1 aliphatic heterocycles. The summed E-state index contributed by atoms with van der Waals surface area (Å²) >= 11 is 1.54. The van der Waals surface area contributed by atoms with Crippen molar-refractivity contribution in [2.24, 2.45) is 4.99 Å². The van der Waals surface area contributed by atoms with Gasteiger partial charge in [0.25, 0.3) is 0 Å². The topological polar surface area (TPSA) is 41.5 Å². The van der Waals surface area contributed by atoms with Crippen LogP contribution >= 0.6 is 11.8 Å². The Morgan fingerprint density at radius 1 is 1.43 bits per heavy atom. The monoisotopic (exact) mass is 214 g/mol. The Labute approximate surface area is 89.7 Å². The predicted molar refractivity (Wildman–Crippen MR) is 61.9 cm³/mol. The third kappa shape index (κ3) is 2.82. The molecule has 1 N–H and O–H groups in total. The molecule has 0 radical (unpaired) electrons. The van der Waals surface area contributed by atoms with E-state index in [1.807, 2.05) is 13.8 Å². The highest BCUT2D eigenvalue weighted by atomic mass is 32.2. The maximum Gasteiger partial charge on any atom is 0.140 e. The van der Waals surface area contributed by atoms with Gasteiger partial charge in [-0.15, -0.1) is 11.8 Å². The lowest BCUT2D eigenvalue weighted by atomic mass is 10.1. The van der Waals surface area contributed by atoms with Gasteiger partial charge < -0.3 is 0 Å². The zero-order valence-corrected chi connectivity index (χ0v) is 10.3. The number of Topliss-reactive ketones (excluding diaryl/α,β-unsaturated/α-hetero) is 1. The summed E-state index contributed by atoms with van der Waals surface area (Å²) in [4.78, 5) is 15.4. The number of thioether (sulfide) groups is 1. The zero-order valence-electron chi connectivity index (χ0n) is 9.47. The van der Waals surface area contributed by atoms with Crippen LogP contribution in [0.1, 0.15) is 34.6 Å². The fraction of sp³-hybridized carbons (Fsp3) is 0.800. The van der Waals surface area contributed by atoms with E-state index in [4.69, 9.17) is 0 Å². The molecule has 14 heavy (non-hydrogen) atoms. The number of hydrogen-bond donors (Lipinski definition) is 1. The first kappa shape index (κ1) is 11.7. The number of carbonyl (C=O) groups excluding carboxylic acids is 1. The van der Waals surface area contributed by atoms with Gasteiger partial charge in [-0.3, -0.25) is 15.1 Å². The van der Waals surface area contributed by atoms with Gasteiger partial charge in [-0.1, -0.05) is 0 Å². The minimum atomic E-state index is -0.206. The van der Waals surface area contributed by atoms with Gasteiger partial charge in [0, 0.05) is 0 Å². The van der Waals surface area contributed by atoms with E-state index in [1.165, 1.54) is 11.8 Å². The maximum absolute atomic E-state index is 10.9. The highest BCUT2D eigenvalue weighted by Crippen LogP contribution is 2.28. The minimum absolute atomic E-state index is 0.108. The largest absolute Gasteiger partial charge is 0.299 e. The Bertz CT molecular complexity index is 282. The van der Waals surface area contributed by atoms with Gasteiger partial charge in [-0.2, -0.15) is 0 Å². The molecular formula is C10H18N2OS. The van der Waals surface area contributed by atoms with Gasteiger partial charge in [0.2, 0.25) is 0 Å². The van der Waals surface area contributed by atoms with E-state index in [0.717, 1.165) is 5.04 Å². The molecule has 0 saturated carbocycles. The summed E-state index contributed by atoms with van der Waals surface area (Å²) < 4.78 is 0. The van der Waals surface area contributed by atoms with Crippen LogP contribution in [0.4, 0.5) is 0 Å². The number of carbonyl (C=O) groups is 1. The average molecular weight is 214 g/mol. The summed E-state index contributed by atoms with van der Waals surface area (Å²) in [5.74, 6) is 0.707. The molecule has 0 spiro atoms. The Kier molecular flexibility index (Phi) is 3.07. The van der Waals surface area contributed by atoms with Gasteiger partial charge in [0.15, 0.2) is 0 Å². The van der Waals surface area contributed by atoms with E-state index in [2.05, 4.69) is 24.2 Å². The van der Waals surface area contributed by atoms with Crippen molar-refractivity contribution < 1.29 is 4.79 Å². The lowest BCUT2D eigenvalue weighted by Gasteiger charge is -2.24. The van der Waals surface area contributed by atoms with Gasteiger partial charge in [-0.05, 0) is 34.6 Å². The van der Waals surface area contributed by atoms with E-state index in [-0.39, 0.29) is 17.0 Å². The first-order chi connectivity index (χ1) is 6.23. The summed E-state index contributed by atoms with van der Waals surface area (Å²) in [6.07, 6.45) is 0. The Morgan fingerprint density at radius 2 is 2.00 bits per heavy atom. The second-order valence-electron chi connectivity index (χ2n) is 4.72. The van der Waals surface area contributed by atoms with Crippen LogP contribution in [0.2, 0.25) is 0 Å². The van der Waals surface area contributed by atoms with Crippen LogP contribution in [0.5, 0.6) is 0 Å². The summed E-state index contributed by atoms with van der Waals surface area (Å²) in [5, 5.41) is 4.43. The molecule has 80 valence electrons. The Morgan fingerprint density at radius 3 is 2.36 bits per heavy atom. The average Bonchev–Trinajstić information content (AvgIpc) is 2.14. The molecule has 0 bridgehead atoms. The second kappa shape index (κ2) is 3.66. The molecule has 1 heterocycles. The number of nitrogens with one attached hydrogen (secondary N) is 1. The third-order valence-corrected chi connectivity index (χ3v) is 3.37. The van der Waals surface area contributed by atoms with Crippen molar-refractivity contribution in [3.05, 3.63) is 0 Å². The molecule has 4 heteroatoms. The molecule has 0 aromatic carbocycles. The fourth-order valence-electron chi connectivity index (χ4n) is 1.62. The lowest BCUT2D eigenvalue weighted by molar-refractivity contribution is -0.114. The van der Waals surface area contributed by atoms with Gasteiger partial charge >= 0.3 is 0 Å². The van der Waals surface area contributed by atoms with E-state index >= 15 is 0 Å².